The second kappa shape index (κ2) is 4.60. The van der Waals surface area contributed by atoms with Gasteiger partial charge in [-0.25, -0.2) is 15.0 Å². The molecule has 2 aromatic rings. The van der Waals surface area contributed by atoms with Gasteiger partial charge in [-0.3, -0.25) is 0 Å². The maximum atomic E-state index is 9.32. The molecule has 3 rings (SSSR count). The molecular formula is C12H15N5O2. The van der Waals surface area contributed by atoms with Crippen molar-refractivity contribution in [3.05, 3.63) is 24.3 Å². The minimum absolute atomic E-state index is 0.00775. The van der Waals surface area contributed by atoms with Crippen LogP contribution in [-0.4, -0.2) is 42.9 Å². The molecule has 0 unspecified atom stereocenters. The number of aromatic nitrogens is 4. The second-order valence-electron chi connectivity index (χ2n) is 4.67. The highest BCUT2D eigenvalue weighted by Crippen LogP contribution is 2.34. The van der Waals surface area contributed by atoms with Crippen LogP contribution in [0, 0.1) is 5.92 Å². The zero-order chi connectivity index (χ0) is 13.4. The second-order valence-corrected chi connectivity index (χ2v) is 4.67. The number of aliphatic hydroxyl groups is 2. The number of allylic oxidation sites excluding steroid dienone is 1. The normalized spacial score (nSPS) is 22.9. The van der Waals surface area contributed by atoms with Crippen molar-refractivity contribution in [3.8, 4) is 0 Å². The number of nitrogens with two attached hydrogens (primary N) is 1. The third kappa shape index (κ3) is 1.87. The van der Waals surface area contributed by atoms with Crippen molar-refractivity contribution >= 4 is 17.0 Å². The van der Waals surface area contributed by atoms with E-state index in [4.69, 9.17) is 5.73 Å². The van der Waals surface area contributed by atoms with Crippen molar-refractivity contribution in [1.29, 1.82) is 0 Å². The molecule has 0 bridgehead atoms. The lowest BCUT2D eigenvalue weighted by Crippen LogP contribution is -2.10. The maximum Gasteiger partial charge on any atom is 0.165 e. The summed E-state index contributed by atoms with van der Waals surface area (Å²) in [6.07, 6.45) is 5.76. The summed E-state index contributed by atoms with van der Waals surface area (Å²) in [5.41, 5.74) is 7.86. The summed E-state index contributed by atoms with van der Waals surface area (Å²) in [6, 6.07) is 0.0265. The fourth-order valence-corrected chi connectivity index (χ4v) is 2.57. The average Bonchev–Trinajstić information content (AvgIpc) is 3.02. The lowest BCUT2D eigenvalue weighted by atomic mass is 10.0. The molecule has 2 atom stereocenters. The number of imidazole rings is 1. The van der Waals surface area contributed by atoms with E-state index in [0.29, 0.717) is 17.0 Å². The van der Waals surface area contributed by atoms with Gasteiger partial charge in [0.15, 0.2) is 11.5 Å². The van der Waals surface area contributed by atoms with Crippen LogP contribution < -0.4 is 5.73 Å². The molecule has 0 radical (unpaired) electrons. The Hall–Kier alpha value is -1.99. The SMILES string of the molecule is Nc1ncnc2c1ncn2[C@H]1C=C(CO)[C@@H](CO)C1. The predicted octanol–water partition coefficient (Wildman–Crippen LogP) is -0.120. The molecule has 19 heavy (non-hydrogen) atoms. The standard InChI is InChI=1S/C12H15N5O2/c13-11-10-12(15-5-14-11)17(6-16-10)9-1-7(3-18)8(2-9)4-19/h1,5-6,8-9,18-19H,2-4H2,(H2,13,14,15)/t8-,9+/m1/s1. The molecule has 0 saturated carbocycles. The van der Waals surface area contributed by atoms with Crippen LogP contribution in [0.3, 0.4) is 0 Å². The minimum atomic E-state index is -0.0362. The fraction of sp³-hybridized carbons (Fsp3) is 0.417. The summed E-state index contributed by atoms with van der Waals surface area (Å²) >= 11 is 0. The van der Waals surface area contributed by atoms with E-state index >= 15 is 0 Å². The van der Waals surface area contributed by atoms with Gasteiger partial charge in [-0.2, -0.15) is 0 Å². The first-order valence-corrected chi connectivity index (χ1v) is 6.10. The number of rotatable bonds is 3. The molecule has 0 saturated heterocycles. The van der Waals surface area contributed by atoms with E-state index in [1.54, 1.807) is 6.33 Å². The van der Waals surface area contributed by atoms with Crippen molar-refractivity contribution in [2.45, 2.75) is 12.5 Å². The Morgan fingerprint density at radius 3 is 2.84 bits per heavy atom. The maximum absolute atomic E-state index is 9.32. The van der Waals surface area contributed by atoms with Crippen LogP contribution in [0.25, 0.3) is 11.2 Å². The van der Waals surface area contributed by atoms with Gasteiger partial charge in [0.25, 0.3) is 0 Å². The summed E-state index contributed by atoms with van der Waals surface area (Å²) < 4.78 is 1.90. The topological polar surface area (TPSA) is 110 Å². The summed E-state index contributed by atoms with van der Waals surface area (Å²) in [5.74, 6) is 0.346. The number of aliphatic hydroxyl groups excluding tert-OH is 2. The molecule has 4 N–H and O–H groups in total. The Kier molecular flexibility index (Phi) is 2.92. The first-order chi connectivity index (χ1) is 9.24. The predicted molar refractivity (Wildman–Crippen MR) is 69.1 cm³/mol. The first kappa shape index (κ1) is 12.1. The van der Waals surface area contributed by atoms with Crippen molar-refractivity contribution < 1.29 is 10.2 Å². The molecule has 1 aliphatic rings. The van der Waals surface area contributed by atoms with Crippen LogP contribution in [0.5, 0.6) is 0 Å². The van der Waals surface area contributed by atoms with Gasteiger partial charge in [-0.1, -0.05) is 6.08 Å². The molecule has 2 aromatic heterocycles. The Morgan fingerprint density at radius 2 is 2.16 bits per heavy atom. The van der Waals surface area contributed by atoms with E-state index < -0.39 is 0 Å². The zero-order valence-corrected chi connectivity index (χ0v) is 10.3. The summed E-state index contributed by atoms with van der Waals surface area (Å²) in [7, 11) is 0. The Bertz CT molecular complexity index is 636. The lowest BCUT2D eigenvalue weighted by molar-refractivity contribution is 0.223. The highest BCUT2D eigenvalue weighted by atomic mass is 16.3. The third-order valence-corrected chi connectivity index (χ3v) is 3.60. The molecule has 0 fully saturated rings. The zero-order valence-electron chi connectivity index (χ0n) is 10.3. The lowest BCUT2D eigenvalue weighted by Gasteiger charge is -2.13. The van der Waals surface area contributed by atoms with E-state index in [-0.39, 0.29) is 25.2 Å². The molecule has 0 spiro atoms. The Labute approximate surface area is 109 Å². The molecule has 100 valence electrons. The summed E-state index contributed by atoms with van der Waals surface area (Å²) in [5, 5.41) is 18.6. The fourth-order valence-electron chi connectivity index (χ4n) is 2.57. The number of nitrogen functional groups attached to an aromatic ring is 1. The largest absolute Gasteiger partial charge is 0.396 e. The van der Waals surface area contributed by atoms with Crippen molar-refractivity contribution in [2.24, 2.45) is 5.92 Å². The van der Waals surface area contributed by atoms with Crippen LogP contribution in [0.4, 0.5) is 5.82 Å². The Morgan fingerprint density at radius 1 is 1.32 bits per heavy atom. The average molecular weight is 261 g/mol. The van der Waals surface area contributed by atoms with Gasteiger partial charge in [0, 0.05) is 12.5 Å². The molecule has 0 aromatic carbocycles. The third-order valence-electron chi connectivity index (χ3n) is 3.60. The van der Waals surface area contributed by atoms with Crippen LogP contribution in [-0.2, 0) is 0 Å². The monoisotopic (exact) mass is 261 g/mol. The van der Waals surface area contributed by atoms with Crippen molar-refractivity contribution in [1.82, 2.24) is 19.5 Å². The number of fused-ring (bicyclic) bond motifs is 1. The number of nitrogens with zero attached hydrogens (tertiary/aromatic N) is 4. The molecule has 0 aliphatic heterocycles. The quantitative estimate of drug-likeness (QED) is 0.664. The van der Waals surface area contributed by atoms with Crippen molar-refractivity contribution in [3.63, 3.8) is 0 Å². The van der Waals surface area contributed by atoms with Crippen LogP contribution in [0.1, 0.15) is 12.5 Å². The molecule has 0 amide bonds. The Balaban J connectivity index is 2.02. The highest BCUT2D eigenvalue weighted by molar-refractivity contribution is 5.81. The van der Waals surface area contributed by atoms with E-state index in [1.165, 1.54) is 6.33 Å². The van der Waals surface area contributed by atoms with Crippen molar-refractivity contribution in [2.75, 3.05) is 18.9 Å². The number of hydrogen-bond donors (Lipinski definition) is 3. The molecular weight excluding hydrogens is 246 g/mol. The van der Waals surface area contributed by atoms with Crippen LogP contribution >= 0.6 is 0 Å². The van der Waals surface area contributed by atoms with Gasteiger partial charge in [0.05, 0.1) is 19.0 Å². The minimum Gasteiger partial charge on any atom is -0.396 e. The van der Waals surface area contributed by atoms with E-state index in [1.807, 2.05) is 10.6 Å². The summed E-state index contributed by atoms with van der Waals surface area (Å²) in [6.45, 7) is -0.00186. The summed E-state index contributed by atoms with van der Waals surface area (Å²) in [4.78, 5) is 12.3. The highest BCUT2D eigenvalue weighted by Gasteiger charge is 2.27. The van der Waals surface area contributed by atoms with Crippen LogP contribution in [0.2, 0.25) is 0 Å². The van der Waals surface area contributed by atoms with E-state index in [0.717, 1.165) is 12.0 Å². The number of anilines is 1. The molecule has 7 heteroatoms. The first-order valence-electron chi connectivity index (χ1n) is 6.10. The van der Waals surface area contributed by atoms with Gasteiger partial charge < -0.3 is 20.5 Å². The number of hydrogen-bond acceptors (Lipinski definition) is 6. The van der Waals surface area contributed by atoms with E-state index in [9.17, 15) is 10.2 Å². The molecule has 2 heterocycles. The smallest absolute Gasteiger partial charge is 0.165 e. The van der Waals surface area contributed by atoms with Gasteiger partial charge in [-0.05, 0) is 12.0 Å². The van der Waals surface area contributed by atoms with E-state index in [2.05, 4.69) is 15.0 Å². The molecule has 7 nitrogen and oxygen atoms in total. The van der Waals surface area contributed by atoms with Gasteiger partial charge in [0.1, 0.15) is 11.8 Å². The molecule has 1 aliphatic carbocycles. The van der Waals surface area contributed by atoms with Gasteiger partial charge in [-0.15, -0.1) is 0 Å². The van der Waals surface area contributed by atoms with Gasteiger partial charge >= 0.3 is 0 Å². The van der Waals surface area contributed by atoms with Gasteiger partial charge in [0.2, 0.25) is 0 Å². The van der Waals surface area contributed by atoms with Crippen LogP contribution in [0.15, 0.2) is 24.3 Å².